The summed E-state index contributed by atoms with van der Waals surface area (Å²) in [4.78, 5) is 0. The minimum Gasteiger partial charge on any atom is -0.0891 e. The van der Waals surface area contributed by atoms with Crippen molar-refractivity contribution in [2.45, 2.75) is 127 Å². The molecular weight excluding hydrogens is 262 g/mol. The van der Waals surface area contributed by atoms with Crippen molar-refractivity contribution in [2.75, 3.05) is 0 Å². The van der Waals surface area contributed by atoms with Gasteiger partial charge in [0.1, 0.15) is 14.6 Å². The predicted molar refractivity (Wildman–Crippen MR) is 105 cm³/mol. The van der Waals surface area contributed by atoms with Gasteiger partial charge in [-0.05, 0) is 0 Å². The van der Waals surface area contributed by atoms with Crippen LogP contribution >= 0.6 is 0 Å². The second-order valence-corrected chi connectivity index (χ2v) is 8.51. The zero-order chi connectivity index (χ0) is 15.5. The van der Waals surface area contributed by atoms with Crippen molar-refractivity contribution in [3.05, 3.63) is 0 Å². The van der Waals surface area contributed by atoms with Crippen LogP contribution in [-0.4, -0.2) is 14.6 Å². The SMILES string of the molecule is CBC1CCCCC(BC2CCCCCCCCC2)CCC1. The van der Waals surface area contributed by atoms with E-state index in [0.717, 1.165) is 17.5 Å². The Labute approximate surface area is 142 Å². The Bertz CT molecular complexity index is 256. The molecule has 0 heterocycles. The van der Waals surface area contributed by atoms with E-state index in [1.54, 1.807) is 33.0 Å². The van der Waals surface area contributed by atoms with E-state index >= 15 is 0 Å². The van der Waals surface area contributed by atoms with Gasteiger partial charge in [0.15, 0.2) is 0 Å². The zero-order valence-corrected chi connectivity index (χ0v) is 15.5. The molecule has 2 rings (SSSR count). The van der Waals surface area contributed by atoms with Gasteiger partial charge in [-0.3, -0.25) is 0 Å². The molecule has 0 N–H and O–H groups in total. The minimum absolute atomic E-state index is 1.05. The summed E-state index contributed by atoms with van der Waals surface area (Å²) >= 11 is 0. The molecule has 22 heavy (non-hydrogen) atoms. The Kier molecular flexibility index (Phi) is 9.77. The largest absolute Gasteiger partial charge is 0.127 e. The molecule has 0 aromatic carbocycles. The van der Waals surface area contributed by atoms with Gasteiger partial charge in [-0.15, -0.1) is 0 Å². The molecule has 2 unspecified atom stereocenters. The van der Waals surface area contributed by atoms with E-state index in [4.69, 9.17) is 0 Å². The number of rotatable bonds is 3. The summed E-state index contributed by atoms with van der Waals surface area (Å²) < 4.78 is 0. The highest BCUT2D eigenvalue weighted by molar-refractivity contribution is 6.39. The molecule has 2 fully saturated rings. The lowest BCUT2D eigenvalue weighted by molar-refractivity contribution is 0.496. The maximum atomic E-state index is 2.40. The van der Waals surface area contributed by atoms with Gasteiger partial charge in [0, 0.05) is 0 Å². The van der Waals surface area contributed by atoms with Crippen LogP contribution in [0.15, 0.2) is 0 Å². The fourth-order valence-electron chi connectivity index (χ4n) is 5.10. The normalized spacial score (nSPS) is 30.6. The lowest BCUT2D eigenvalue weighted by Crippen LogP contribution is -2.12. The Hall–Kier alpha value is 0.130. The van der Waals surface area contributed by atoms with Crippen LogP contribution < -0.4 is 0 Å². The van der Waals surface area contributed by atoms with Crippen molar-refractivity contribution in [1.82, 2.24) is 0 Å². The van der Waals surface area contributed by atoms with Crippen molar-refractivity contribution in [2.24, 2.45) is 0 Å². The summed E-state index contributed by atoms with van der Waals surface area (Å²) in [5.41, 5.74) is 0. The molecule has 0 radical (unpaired) electrons. The molecule has 126 valence electrons. The fraction of sp³-hybridized carbons (Fsp3) is 1.00. The van der Waals surface area contributed by atoms with Crippen molar-refractivity contribution in [3.8, 4) is 0 Å². The first kappa shape index (κ1) is 18.5. The Morgan fingerprint density at radius 3 is 1.36 bits per heavy atom. The molecule has 0 amide bonds. The van der Waals surface area contributed by atoms with Gasteiger partial charge in [-0.2, -0.15) is 0 Å². The van der Waals surface area contributed by atoms with Crippen LogP contribution in [0.2, 0.25) is 24.3 Å². The van der Waals surface area contributed by atoms with Crippen LogP contribution in [-0.2, 0) is 0 Å². The van der Waals surface area contributed by atoms with Gasteiger partial charge in [0.25, 0.3) is 0 Å². The molecule has 0 aromatic rings. The van der Waals surface area contributed by atoms with Gasteiger partial charge < -0.3 is 0 Å². The highest BCUT2D eigenvalue weighted by Gasteiger charge is 2.20. The molecule has 2 saturated carbocycles. The van der Waals surface area contributed by atoms with Gasteiger partial charge in [-0.1, -0.05) is 127 Å². The van der Waals surface area contributed by atoms with Gasteiger partial charge in [0.2, 0.25) is 0 Å². The van der Waals surface area contributed by atoms with Crippen molar-refractivity contribution < 1.29 is 0 Å². The molecule has 0 saturated heterocycles. The molecule has 2 heteroatoms. The second-order valence-electron chi connectivity index (χ2n) is 8.51. The topological polar surface area (TPSA) is 0 Å². The zero-order valence-electron chi connectivity index (χ0n) is 15.5. The van der Waals surface area contributed by atoms with Crippen LogP contribution in [0.5, 0.6) is 0 Å². The summed E-state index contributed by atoms with van der Waals surface area (Å²) in [6.07, 6.45) is 24.4. The fourth-order valence-corrected chi connectivity index (χ4v) is 5.10. The third kappa shape index (κ3) is 7.60. The molecule has 0 aliphatic heterocycles. The molecule has 2 aliphatic carbocycles. The summed E-state index contributed by atoms with van der Waals surface area (Å²) in [6, 6.07) is 0. The van der Waals surface area contributed by atoms with Crippen LogP contribution in [0.1, 0.15) is 103 Å². The maximum Gasteiger partial charge on any atom is 0.127 e. The average Bonchev–Trinajstić information content (AvgIpc) is 2.65. The minimum atomic E-state index is 1.05. The van der Waals surface area contributed by atoms with E-state index in [0.29, 0.717) is 0 Å². The molecule has 0 bridgehead atoms. The van der Waals surface area contributed by atoms with E-state index in [1.165, 1.54) is 84.3 Å². The molecular formula is C20H40B2. The van der Waals surface area contributed by atoms with E-state index in [9.17, 15) is 0 Å². The third-order valence-corrected chi connectivity index (χ3v) is 6.67. The predicted octanol–water partition coefficient (Wildman–Crippen LogP) is 6.54. The van der Waals surface area contributed by atoms with Crippen molar-refractivity contribution in [1.29, 1.82) is 0 Å². The quantitative estimate of drug-likeness (QED) is 0.519. The second kappa shape index (κ2) is 11.6. The van der Waals surface area contributed by atoms with Crippen LogP contribution in [0.4, 0.5) is 0 Å². The number of hydrogen-bond donors (Lipinski definition) is 0. The number of hydrogen-bond acceptors (Lipinski definition) is 0. The van der Waals surface area contributed by atoms with Crippen molar-refractivity contribution >= 4 is 14.6 Å². The smallest absolute Gasteiger partial charge is 0.0891 e. The van der Waals surface area contributed by atoms with Gasteiger partial charge in [-0.25, -0.2) is 0 Å². The highest BCUT2D eigenvalue weighted by atomic mass is 14.1. The molecule has 2 atom stereocenters. The van der Waals surface area contributed by atoms with Crippen molar-refractivity contribution in [3.63, 3.8) is 0 Å². The van der Waals surface area contributed by atoms with Gasteiger partial charge >= 0.3 is 0 Å². The first-order valence-corrected chi connectivity index (χ1v) is 10.9. The van der Waals surface area contributed by atoms with Gasteiger partial charge in [0.05, 0.1) is 0 Å². The first-order chi connectivity index (χ1) is 10.9. The van der Waals surface area contributed by atoms with E-state index in [1.807, 2.05) is 0 Å². The lowest BCUT2D eigenvalue weighted by Gasteiger charge is -2.23. The standard InChI is InChI=1S/C20H40B2/c1-21-18-12-9-10-15-20(17-11-16-18)22-19-13-7-5-3-2-4-6-8-14-19/h18-22H,2-17H2,1H3. The summed E-state index contributed by atoms with van der Waals surface area (Å²) in [5, 5.41) is 0. The van der Waals surface area contributed by atoms with Crippen LogP contribution in [0.25, 0.3) is 0 Å². The molecule has 0 spiro atoms. The van der Waals surface area contributed by atoms with Crippen LogP contribution in [0.3, 0.4) is 0 Å². The Morgan fingerprint density at radius 1 is 0.455 bits per heavy atom. The van der Waals surface area contributed by atoms with E-state index in [2.05, 4.69) is 6.82 Å². The summed E-state index contributed by atoms with van der Waals surface area (Å²) in [6.45, 7) is 2.40. The van der Waals surface area contributed by atoms with E-state index < -0.39 is 0 Å². The maximum absolute atomic E-state index is 2.40. The summed E-state index contributed by atoms with van der Waals surface area (Å²) in [7, 11) is 3.00. The highest BCUT2D eigenvalue weighted by Crippen LogP contribution is 2.35. The Balaban J connectivity index is 1.75. The lowest BCUT2D eigenvalue weighted by atomic mass is 9.50. The first-order valence-electron chi connectivity index (χ1n) is 10.9. The van der Waals surface area contributed by atoms with Crippen LogP contribution in [0, 0.1) is 0 Å². The third-order valence-electron chi connectivity index (χ3n) is 6.67. The van der Waals surface area contributed by atoms with E-state index in [-0.39, 0.29) is 0 Å². The molecule has 2 aliphatic rings. The molecule has 0 nitrogen and oxygen atoms in total. The Morgan fingerprint density at radius 2 is 0.818 bits per heavy atom. The monoisotopic (exact) mass is 302 g/mol. The molecule has 0 aromatic heterocycles. The summed E-state index contributed by atoms with van der Waals surface area (Å²) in [5.74, 6) is 3.20. The average molecular weight is 302 g/mol.